The normalized spacial score (nSPS) is 22.2. The first-order chi connectivity index (χ1) is 14.3. The van der Waals surface area contributed by atoms with Crippen LogP contribution in [-0.4, -0.2) is 12.1 Å². The van der Waals surface area contributed by atoms with Gasteiger partial charge < -0.3 is 10.2 Å². The van der Waals surface area contributed by atoms with Gasteiger partial charge in [0, 0.05) is 17.3 Å². The van der Waals surface area contributed by atoms with Crippen LogP contribution in [0.25, 0.3) is 0 Å². The van der Waals surface area contributed by atoms with Crippen LogP contribution < -0.4 is 10.2 Å². The first kappa shape index (κ1) is 17.3. The number of nitrogens with one attached hydrogen (secondary N) is 1. The van der Waals surface area contributed by atoms with Gasteiger partial charge in [0.25, 0.3) is 5.91 Å². The minimum absolute atomic E-state index is 0.0187. The van der Waals surface area contributed by atoms with Crippen molar-refractivity contribution < 1.29 is 4.79 Å². The smallest absolute Gasteiger partial charge is 0.256 e. The number of fused-ring (bicyclic) bond motifs is 6. The quantitative estimate of drug-likeness (QED) is 0.653. The molecule has 1 aromatic heterocycles. The second-order valence-electron chi connectivity index (χ2n) is 8.43. The summed E-state index contributed by atoms with van der Waals surface area (Å²) in [7, 11) is 0. The molecular weight excluding hydrogens is 376 g/mol. The summed E-state index contributed by atoms with van der Waals surface area (Å²) < 4.78 is 0. The zero-order valence-electron chi connectivity index (χ0n) is 16.4. The first-order valence-electron chi connectivity index (χ1n) is 10.6. The highest BCUT2D eigenvalue weighted by Crippen LogP contribution is 2.47. The number of hydrogen-bond acceptors (Lipinski definition) is 3. The third kappa shape index (κ3) is 2.73. The highest BCUT2D eigenvalue weighted by atomic mass is 32.1. The van der Waals surface area contributed by atoms with E-state index < -0.39 is 0 Å². The van der Waals surface area contributed by atoms with Crippen molar-refractivity contribution >= 4 is 22.2 Å². The van der Waals surface area contributed by atoms with Gasteiger partial charge in [0.15, 0.2) is 0 Å². The fraction of sp³-hybridized carbons (Fsp3) is 0.320. The molecule has 2 aromatic carbocycles. The standard InChI is InChI=1S/C25H24N2OS/c28-24-22-19-12-6-7-13-21(19)29-25(22)27-15-17-10-4-5-11-18(17)20(23(27)26-24)14-16-8-2-1-3-9-16/h1-5,8-11,20,23H,6-7,12-15H2,(H,26,28). The minimum atomic E-state index is 0.0187. The van der Waals surface area contributed by atoms with Crippen LogP contribution in [-0.2, 0) is 25.8 Å². The van der Waals surface area contributed by atoms with E-state index >= 15 is 0 Å². The molecule has 1 amide bonds. The summed E-state index contributed by atoms with van der Waals surface area (Å²) in [6, 6.07) is 19.4. The number of carbonyl (C=O) groups excluding carboxylic acids is 1. The fourth-order valence-electron chi connectivity index (χ4n) is 5.37. The maximum Gasteiger partial charge on any atom is 0.256 e. The Kier molecular flexibility index (Phi) is 4.01. The molecule has 0 spiro atoms. The Hall–Kier alpha value is -2.59. The molecule has 0 saturated carbocycles. The maximum atomic E-state index is 13.3. The predicted octanol–water partition coefficient (Wildman–Crippen LogP) is 5.04. The van der Waals surface area contributed by atoms with Gasteiger partial charge in [-0.2, -0.15) is 0 Å². The van der Waals surface area contributed by atoms with Gasteiger partial charge in [-0.3, -0.25) is 4.79 Å². The molecule has 1 aliphatic carbocycles. The molecule has 0 radical (unpaired) electrons. The minimum Gasteiger partial charge on any atom is -0.338 e. The third-order valence-corrected chi connectivity index (χ3v) is 8.06. The number of amides is 1. The van der Waals surface area contributed by atoms with Crippen molar-refractivity contribution in [3.63, 3.8) is 0 Å². The molecule has 29 heavy (non-hydrogen) atoms. The van der Waals surface area contributed by atoms with Gasteiger partial charge in [0.1, 0.15) is 11.2 Å². The molecule has 3 heterocycles. The summed E-state index contributed by atoms with van der Waals surface area (Å²) in [5.41, 5.74) is 6.38. The largest absolute Gasteiger partial charge is 0.338 e. The highest BCUT2D eigenvalue weighted by molar-refractivity contribution is 7.16. The molecule has 0 bridgehead atoms. The van der Waals surface area contributed by atoms with E-state index in [1.54, 1.807) is 0 Å². The number of nitrogens with zero attached hydrogens (tertiary/aromatic N) is 1. The Morgan fingerprint density at radius 2 is 1.79 bits per heavy atom. The molecule has 0 fully saturated rings. The molecule has 2 atom stereocenters. The lowest BCUT2D eigenvalue weighted by molar-refractivity contribution is 0.0915. The molecular formula is C25H24N2OS. The van der Waals surface area contributed by atoms with Gasteiger partial charge in [-0.1, -0.05) is 54.6 Å². The van der Waals surface area contributed by atoms with Gasteiger partial charge in [-0.15, -0.1) is 11.3 Å². The Bertz CT molecular complexity index is 1090. The Balaban J connectivity index is 1.47. The summed E-state index contributed by atoms with van der Waals surface area (Å²) in [6.45, 7) is 0.874. The third-order valence-electron chi connectivity index (χ3n) is 6.73. The second kappa shape index (κ2) is 6.74. The van der Waals surface area contributed by atoms with Crippen LogP contribution in [0.15, 0.2) is 54.6 Å². The van der Waals surface area contributed by atoms with Crippen molar-refractivity contribution in [1.82, 2.24) is 5.32 Å². The van der Waals surface area contributed by atoms with E-state index in [0.717, 1.165) is 31.4 Å². The van der Waals surface area contributed by atoms with Gasteiger partial charge in [0.2, 0.25) is 0 Å². The molecule has 4 heteroatoms. The van der Waals surface area contributed by atoms with Crippen LogP contribution in [0.1, 0.15) is 56.2 Å². The monoisotopic (exact) mass is 400 g/mol. The number of rotatable bonds is 2. The summed E-state index contributed by atoms with van der Waals surface area (Å²) in [5.74, 6) is 0.386. The number of carbonyl (C=O) groups is 1. The van der Waals surface area contributed by atoms with E-state index in [4.69, 9.17) is 0 Å². The Morgan fingerprint density at radius 1 is 1.00 bits per heavy atom. The molecule has 3 aromatic rings. The number of thiophene rings is 1. The van der Waals surface area contributed by atoms with Crippen molar-refractivity contribution in [2.75, 3.05) is 4.90 Å². The van der Waals surface area contributed by atoms with Crippen LogP contribution in [0.3, 0.4) is 0 Å². The van der Waals surface area contributed by atoms with Crippen LogP contribution in [0.5, 0.6) is 0 Å². The average molecular weight is 401 g/mol. The van der Waals surface area contributed by atoms with Crippen molar-refractivity contribution in [1.29, 1.82) is 0 Å². The molecule has 0 saturated heterocycles. The lowest BCUT2D eigenvalue weighted by Gasteiger charge is -2.46. The number of hydrogen-bond donors (Lipinski definition) is 1. The Morgan fingerprint density at radius 3 is 2.69 bits per heavy atom. The van der Waals surface area contributed by atoms with Crippen LogP contribution in [0, 0.1) is 0 Å². The first-order valence-corrected chi connectivity index (χ1v) is 11.4. The van der Waals surface area contributed by atoms with Crippen molar-refractivity contribution in [3.8, 4) is 0 Å². The van der Waals surface area contributed by atoms with E-state index in [-0.39, 0.29) is 18.0 Å². The molecule has 3 aliphatic rings. The number of benzene rings is 2. The maximum absolute atomic E-state index is 13.3. The van der Waals surface area contributed by atoms with Crippen molar-refractivity contribution in [2.45, 2.75) is 50.7 Å². The fourth-order valence-corrected chi connectivity index (χ4v) is 6.79. The van der Waals surface area contributed by atoms with E-state index in [1.165, 1.54) is 45.0 Å². The van der Waals surface area contributed by atoms with Gasteiger partial charge in [-0.05, 0) is 54.4 Å². The summed E-state index contributed by atoms with van der Waals surface area (Å²) in [4.78, 5) is 17.2. The highest BCUT2D eigenvalue weighted by Gasteiger charge is 2.43. The molecule has 2 aliphatic heterocycles. The summed E-state index contributed by atoms with van der Waals surface area (Å²) >= 11 is 1.88. The Labute approximate surface area is 175 Å². The number of anilines is 1. The molecule has 146 valence electrons. The predicted molar refractivity (Wildman–Crippen MR) is 118 cm³/mol. The van der Waals surface area contributed by atoms with Gasteiger partial charge in [-0.25, -0.2) is 0 Å². The van der Waals surface area contributed by atoms with Gasteiger partial charge >= 0.3 is 0 Å². The van der Waals surface area contributed by atoms with E-state index in [2.05, 4.69) is 64.8 Å². The summed E-state index contributed by atoms with van der Waals surface area (Å²) in [6.07, 6.45) is 5.58. The van der Waals surface area contributed by atoms with Crippen molar-refractivity contribution in [2.24, 2.45) is 0 Å². The zero-order chi connectivity index (χ0) is 19.4. The molecule has 6 rings (SSSR count). The topological polar surface area (TPSA) is 32.3 Å². The van der Waals surface area contributed by atoms with Crippen molar-refractivity contribution in [3.05, 3.63) is 87.3 Å². The zero-order valence-corrected chi connectivity index (χ0v) is 17.2. The molecule has 3 nitrogen and oxygen atoms in total. The summed E-state index contributed by atoms with van der Waals surface area (Å²) in [5, 5.41) is 4.62. The van der Waals surface area contributed by atoms with Crippen LogP contribution >= 0.6 is 11.3 Å². The average Bonchev–Trinajstić information content (AvgIpc) is 3.16. The molecule has 2 unspecified atom stereocenters. The van der Waals surface area contributed by atoms with Gasteiger partial charge in [0.05, 0.1) is 5.56 Å². The lowest BCUT2D eigenvalue weighted by Crippen LogP contribution is -2.57. The second-order valence-corrected chi connectivity index (χ2v) is 9.52. The molecule has 1 N–H and O–H groups in total. The lowest BCUT2D eigenvalue weighted by atomic mass is 9.81. The SMILES string of the molecule is O=C1NC2C(Cc3ccccc3)c3ccccc3CN2c2sc3c(c21)CCCC3. The van der Waals surface area contributed by atoms with Crippen LogP contribution in [0.4, 0.5) is 5.00 Å². The van der Waals surface area contributed by atoms with Crippen LogP contribution in [0.2, 0.25) is 0 Å². The van der Waals surface area contributed by atoms with E-state index in [1.807, 2.05) is 11.3 Å². The van der Waals surface area contributed by atoms with E-state index in [9.17, 15) is 4.79 Å². The number of aryl methyl sites for hydroxylation is 1. The van der Waals surface area contributed by atoms with E-state index in [0.29, 0.717) is 0 Å².